The standard InChI is InChI=1S/C25H23FN6O2/c26-11-10-19-8-6-18(15-27-19)17-7-9-22-20(14-17)25(33)30-23-5-3-4-21(29-23)24-31-28-16-32(24)12-1-2-13-34-22/h3-9,14-16H,1-2,10-13H2,(H,29,30,33). The van der Waals surface area contributed by atoms with Crippen LogP contribution < -0.4 is 10.1 Å². The molecule has 0 radical (unpaired) electrons. The van der Waals surface area contributed by atoms with Gasteiger partial charge in [0.05, 0.1) is 18.8 Å². The molecule has 0 fully saturated rings. The first kappa shape index (κ1) is 21.7. The summed E-state index contributed by atoms with van der Waals surface area (Å²) in [6.45, 7) is 0.762. The van der Waals surface area contributed by atoms with Gasteiger partial charge in [0.1, 0.15) is 23.6 Å². The van der Waals surface area contributed by atoms with Crippen molar-refractivity contribution in [3.63, 3.8) is 0 Å². The van der Waals surface area contributed by atoms with Gasteiger partial charge in [-0.3, -0.25) is 14.2 Å². The topological polar surface area (TPSA) is 94.8 Å². The van der Waals surface area contributed by atoms with E-state index in [1.165, 1.54) is 0 Å². The van der Waals surface area contributed by atoms with Gasteiger partial charge in [-0.25, -0.2) is 4.98 Å². The minimum Gasteiger partial charge on any atom is -0.493 e. The van der Waals surface area contributed by atoms with Gasteiger partial charge in [0.15, 0.2) is 5.82 Å². The quantitative estimate of drug-likeness (QED) is 0.491. The van der Waals surface area contributed by atoms with Gasteiger partial charge in [-0.05, 0) is 48.7 Å². The molecule has 0 saturated carbocycles. The van der Waals surface area contributed by atoms with Gasteiger partial charge in [0, 0.05) is 30.4 Å². The molecule has 1 N–H and O–H groups in total. The van der Waals surface area contributed by atoms with Crippen molar-refractivity contribution >= 4 is 11.7 Å². The van der Waals surface area contributed by atoms with Gasteiger partial charge < -0.3 is 14.6 Å². The van der Waals surface area contributed by atoms with Crippen LogP contribution in [0.15, 0.2) is 61.1 Å². The lowest BCUT2D eigenvalue weighted by Crippen LogP contribution is -2.16. The molecule has 0 spiro atoms. The zero-order valence-electron chi connectivity index (χ0n) is 18.4. The molecule has 8 nitrogen and oxygen atoms in total. The summed E-state index contributed by atoms with van der Waals surface area (Å²) in [5.74, 6) is 1.23. The third kappa shape index (κ3) is 4.63. The maximum Gasteiger partial charge on any atom is 0.260 e. The number of nitrogens with zero attached hydrogens (tertiary/aromatic N) is 5. The van der Waals surface area contributed by atoms with Crippen molar-refractivity contribution < 1.29 is 13.9 Å². The fraction of sp³-hybridized carbons (Fsp3) is 0.240. The lowest BCUT2D eigenvalue weighted by Gasteiger charge is -2.15. The molecule has 0 atom stereocenters. The number of alkyl halides is 1. The van der Waals surface area contributed by atoms with Crippen molar-refractivity contribution in [2.24, 2.45) is 0 Å². The maximum atomic E-state index is 13.3. The summed E-state index contributed by atoms with van der Waals surface area (Å²) in [5, 5.41) is 11.1. The number of rotatable bonds is 3. The number of carbonyl (C=O) groups excluding carboxylic acids is 1. The van der Waals surface area contributed by atoms with Crippen LogP contribution in [-0.4, -0.2) is 43.9 Å². The third-order valence-electron chi connectivity index (χ3n) is 5.62. The predicted octanol–water partition coefficient (Wildman–Crippen LogP) is 4.34. The molecule has 1 aromatic carbocycles. The summed E-state index contributed by atoms with van der Waals surface area (Å²) in [6, 6.07) is 14.5. The molecule has 1 aliphatic rings. The third-order valence-corrected chi connectivity index (χ3v) is 5.62. The van der Waals surface area contributed by atoms with E-state index in [-0.39, 0.29) is 12.3 Å². The molecule has 3 aromatic heterocycles. The Kier molecular flexibility index (Phi) is 6.24. The van der Waals surface area contributed by atoms with E-state index in [0.717, 1.165) is 30.5 Å². The molecule has 4 heterocycles. The number of hydrogen-bond donors (Lipinski definition) is 1. The van der Waals surface area contributed by atoms with Gasteiger partial charge >= 0.3 is 0 Å². The molecule has 9 heteroatoms. The van der Waals surface area contributed by atoms with Crippen LogP contribution >= 0.6 is 0 Å². The normalized spacial score (nSPS) is 13.7. The number of pyridine rings is 2. The summed E-state index contributed by atoms with van der Waals surface area (Å²) in [5.41, 5.74) is 3.37. The molecule has 1 aliphatic heterocycles. The van der Waals surface area contributed by atoms with Crippen LogP contribution in [0.1, 0.15) is 28.9 Å². The summed E-state index contributed by atoms with van der Waals surface area (Å²) in [6.07, 6.45) is 5.32. The molecular formula is C25H23FN6O2. The first-order chi connectivity index (χ1) is 16.7. The molecule has 34 heavy (non-hydrogen) atoms. The van der Waals surface area contributed by atoms with Crippen molar-refractivity contribution in [1.82, 2.24) is 24.7 Å². The van der Waals surface area contributed by atoms with E-state index in [2.05, 4.69) is 25.5 Å². The van der Waals surface area contributed by atoms with Crippen molar-refractivity contribution in [1.29, 1.82) is 0 Å². The minimum absolute atomic E-state index is 0.281. The molecule has 172 valence electrons. The number of aromatic nitrogens is 5. The summed E-state index contributed by atoms with van der Waals surface area (Å²) < 4.78 is 20.5. The molecule has 0 saturated heterocycles. The van der Waals surface area contributed by atoms with E-state index in [1.807, 2.05) is 28.8 Å². The summed E-state index contributed by atoms with van der Waals surface area (Å²) >= 11 is 0. The Hall–Kier alpha value is -4.14. The Bertz CT molecular complexity index is 1310. The lowest BCUT2D eigenvalue weighted by atomic mass is 10.0. The number of nitrogens with one attached hydrogen (secondary N) is 1. The predicted molar refractivity (Wildman–Crippen MR) is 125 cm³/mol. The van der Waals surface area contributed by atoms with Crippen LogP contribution in [-0.2, 0) is 13.0 Å². The fourth-order valence-electron chi connectivity index (χ4n) is 3.85. The van der Waals surface area contributed by atoms with Gasteiger partial charge in [-0.15, -0.1) is 10.2 Å². The highest BCUT2D eigenvalue weighted by Gasteiger charge is 2.17. The molecule has 2 bridgehead atoms. The monoisotopic (exact) mass is 458 g/mol. The van der Waals surface area contributed by atoms with E-state index >= 15 is 0 Å². The highest BCUT2D eigenvalue weighted by molar-refractivity contribution is 6.06. The Labute approximate surface area is 195 Å². The second kappa shape index (κ2) is 9.78. The summed E-state index contributed by atoms with van der Waals surface area (Å²) in [4.78, 5) is 22.2. The smallest absolute Gasteiger partial charge is 0.260 e. The van der Waals surface area contributed by atoms with Crippen molar-refractivity contribution in [2.75, 3.05) is 18.6 Å². The van der Waals surface area contributed by atoms with Gasteiger partial charge in [0.25, 0.3) is 5.91 Å². The van der Waals surface area contributed by atoms with Crippen LogP contribution in [0.25, 0.3) is 22.6 Å². The Morgan fingerprint density at radius 1 is 1.09 bits per heavy atom. The second-order valence-corrected chi connectivity index (χ2v) is 7.95. The molecule has 1 amide bonds. The minimum atomic E-state index is -0.448. The molecule has 0 unspecified atom stereocenters. The SMILES string of the molecule is O=C1Nc2cccc(n2)-c2nncn2CCCCOc2ccc(-c3ccc(CCF)nc3)cc21. The van der Waals surface area contributed by atoms with Crippen LogP contribution in [0.3, 0.4) is 0 Å². The molecule has 5 rings (SSSR count). The first-order valence-corrected chi connectivity index (χ1v) is 11.2. The van der Waals surface area contributed by atoms with Gasteiger partial charge in [0.2, 0.25) is 0 Å². The molecular weight excluding hydrogens is 435 g/mol. The van der Waals surface area contributed by atoms with E-state index in [9.17, 15) is 9.18 Å². The molecule has 0 aliphatic carbocycles. The van der Waals surface area contributed by atoms with Crippen LogP contribution in [0, 0.1) is 0 Å². The number of benzene rings is 1. The number of carbonyl (C=O) groups is 1. The van der Waals surface area contributed by atoms with E-state index in [1.54, 1.807) is 36.8 Å². The zero-order chi connectivity index (χ0) is 23.3. The zero-order valence-corrected chi connectivity index (χ0v) is 18.4. The van der Waals surface area contributed by atoms with Crippen LogP contribution in [0.5, 0.6) is 5.75 Å². The van der Waals surface area contributed by atoms with Crippen molar-refractivity contribution in [2.45, 2.75) is 25.8 Å². The largest absolute Gasteiger partial charge is 0.493 e. The Morgan fingerprint density at radius 3 is 2.85 bits per heavy atom. The highest BCUT2D eigenvalue weighted by Crippen LogP contribution is 2.28. The van der Waals surface area contributed by atoms with Crippen molar-refractivity contribution in [3.05, 3.63) is 72.3 Å². The number of fused-ring (bicyclic) bond motifs is 5. The number of anilines is 1. The number of ether oxygens (including phenoxy) is 1. The summed E-state index contributed by atoms with van der Waals surface area (Å²) in [7, 11) is 0. The Morgan fingerprint density at radius 2 is 2.00 bits per heavy atom. The van der Waals surface area contributed by atoms with Crippen LogP contribution in [0.2, 0.25) is 0 Å². The highest BCUT2D eigenvalue weighted by atomic mass is 19.1. The van der Waals surface area contributed by atoms with Gasteiger partial charge in [-0.2, -0.15) is 0 Å². The number of aryl methyl sites for hydroxylation is 2. The maximum absolute atomic E-state index is 13.3. The second-order valence-electron chi connectivity index (χ2n) is 7.95. The molecule has 4 aromatic rings. The number of amides is 1. The van der Waals surface area contributed by atoms with E-state index in [0.29, 0.717) is 40.9 Å². The number of halogens is 1. The number of hydrogen-bond acceptors (Lipinski definition) is 6. The average molecular weight is 458 g/mol. The lowest BCUT2D eigenvalue weighted by molar-refractivity contribution is 0.102. The van der Waals surface area contributed by atoms with Crippen molar-refractivity contribution in [3.8, 4) is 28.4 Å². The fourth-order valence-corrected chi connectivity index (χ4v) is 3.85. The first-order valence-electron chi connectivity index (χ1n) is 11.2. The van der Waals surface area contributed by atoms with Gasteiger partial charge in [-0.1, -0.05) is 18.2 Å². The van der Waals surface area contributed by atoms with Crippen LogP contribution in [0.4, 0.5) is 10.2 Å². The van der Waals surface area contributed by atoms with E-state index < -0.39 is 6.67 Å². The average Bonchev–Trinajstić information content (AvgIpc) is 3.33. The van der Waals surface area contributed by atoms with E-state index in [4.69, 9.17) is 4.74 Å². The Balaban J connectivity index is 1.49.